The molecule has 0 radical (unpaired) electrons. The standard InChI is InChI=1S/C11H19N3O8/c12-5(9(17)18)3-13-7(11(21)22)4-14-6(10(19)20)1-2-8(15)16/h5-7,13-14H,1-4,12H2,(H,15,16)(H,17,18)(H,19,20)(H,21,22). The van der Waals surface area contributed by atoms with Crippen LogP contribution in [0, 0.1) is 0 Å². The summed E-state index contributed by atoms with van der Waals surface area (Å²) in [5, 5.41) is 39.8. The molecule has 0 fully saturated rings. The summed E-state index contributed by atoms with van der Waals surface area (Å²) >= 11 is 0. The highest BCUT2D eigenvalue weighted by Crippen LogP contribution is 1.98. The normalized spacial score (nSPS) is 14.8. The maximum atomic E-state index is 11.0. The smallest absolute Gasteiger partial charge is 0.322 e. The molecule has 0 aromatic rings. The van der Waals surface area contributed by atoms with Crippen molar-refractivity contribution in [3.8, 4) is 0 Å². The molecule has 11 heteroatoms. The number of carboxylic acids is 4. The van der Waals surface area contributed by atoms with Gasteiger partial charge in [0.05, 0.1) is 0 Å². The average Bonchev–Trinajstić information content (AvgIpc) is 2.39. The largest absolute Gasteiger partial charge is 0.481 e. The van der Waals surface area contributed by atoms with Gasteiger partial charge in [0.25, 0.3) is 0 Å². The second kappa shape index (κ2) is 9.65. The van der Waals surface area contributed by atoms with Gasteiger partial charge in [-0.05, 0) is 6.42 Å². The summed E-state index contributed by atoms with van der Waals surface area (Å²) < 4.78 is 0. The average molecular weight is 321 g/mol. The van der Waals surface area contributed by atoms with Crippen molar-refractivity contribution < 1.29 is 39.6 Å². The molecule has 0 saturated heterocycles. The van der Waals surface area contributed by atoms with Crippen molar-refractivity contribution >= 4 is 23.9 Å². The fourth-order valence-corrected chi connectivity index (χ4v) is 1.44. The highest BCUT2D eigenvalue weighted by molar-refractivity contribution is 5.76. The molecule has 0 bridgehead atoms. The van der Waals surface area contributed by atoms with Crippen LogP contribution in [0.3, 0.4) is 0 Å². The van der Waals surface area contributed by atoms with Gasteiger partial charge in [-0.3, -0.25) is 19.2 Å². The van der Waals surface area contributed by atoms with E-state index in [4.69, 9.17) is 26.2 Å². The van der Waals surface area contributed by atoms with E-state index in [0.29, 0.717) is 0 Å². The lowest BCUT2D eigenvalue weighted by atomic mass is 10.1. The van der Waals surface area contributed by atoms with Gasteiger partial charge in [0, 0.05) is 19.5 Å². The Bertz CT molecular complexity index is 428. The van der Waals surface area contributed by atoms with Crippen LogP contribution in [-0.2, 0) is 19.2 Å². The van der Waals surface area contributed by atoms with Gasteiger partial charge in [0.2, 0.25) is 0 Å². The van der Waals surface area contributed by atoms with Crippen molar-refractivity contribution in [3.63, 3.8) is 0 Å². The molecule has 0 aliphatic carbocycles. The molecule has 0 rings (SSSR count). The summed E-state index contributed by atoms with van der Waals surface area (Å²) in [6, 6.07) is -3.80. The van der Waals surface area contributed by atoms with Gasteiger partial charge >= 0.3 is 23.9 Å². The summed E-state index contributed by atoms with van der Waals surface area (Å²) in [6.45, 7) is -0.654. The zero-order valence-electron chi connectivity index (χ0n) is 11.6. The van der Waals surface area contributed by atoms with Crippen molar-refractivity contribution in [3.05, 3.63) is 0 Å². The van der Waals surface area contributed by atoms with E-state index in [9.17, 15) is 19.2 Å². The van der Waals surface area contributed by atoms with Crippen LogP contribution in [0.15, 0.2) is 0 Å². The predicted octanol–water partition coefficient (Wildman–Crippen LogP) is -2.65. The van der Waals surface area contributed by atoms with E-state index >= 15 is 0 Å². The quantitative estimate of drug-likeness (QED) is 0.198. The number of carbonyl (C=O) groups is 4. The zero-order chi connectivity index (χ0) is 17.3. The maximum Gasteiger partial charge on any atom is 0.322 e. The molecule has 11 nitrogen and oxygen atoms in total. The van der Waals surface area contributed by atoms with E-state index in [-0.39, 0.29) is 25.9 Å². The number of nitrogens with one attached hydrogen (secondary N) is 2. The SMILES string of the molecule is NC(CNC(CNC(CCC(=O)O)C(=O)O)C(=O)O)C(=O)O. The van der Waals surface area contributed by atoms with Gasteiger partial charge in [-0.1, -0.05) is 0 Å². The maximum absolute atomic E-state index is 11.0. The molecule has 0 heterocycles. The topological polar surface area (TPSA) is 199 Å². The van der Waals surface area contributed by atoms with Gasteiger partial charge in [-0.25, -0.2) is 0 Å². The van der Waals surface area contributed by atoms with E-state index in [0.717, 1.165) is 0 Å². The van der Waals surface area contributed by atoms with Crippen LogP contribution in [0.1, 0.15) is 12.8 Å². The van der Waals surface area contributed by atoms with E-state index in [2.05, 4.69) is 10.6 Å². The van der Waals surface area contributed by atoms with Crippen molar-refractivity contribution in [2.75, 3.05) is 13.1 Å². The Morgan fingerprint density at radius 3 is 1.73 bits per heavy atom. The van der Waals surface area contributed by atoms with Gasteiger partial charge in [-0.15, -0.1) is 0 Å². The minimum Gasteiger partial charge on any atom is -0.481 e. The molecule has 0 amide bonds. The fraction of sp³-hybridized carbons (Fsp3) is 0.636. The lowest BCUT2D eigenvalue weighted by Crippen LogP contribution is -2.52. The van der Waals surface area contributed by atoms with Crippen LogP contribution in [0.25, 0.3) is 0 Å². The van der Waals surface area contributed by atoms with Crippen molar-refractivity contribution in [1.29, 1.82) is 0 Å². The van der Waals surface area contributed by atoms with E-state index in [1.54, 1.807) is 0 Å². The Morgan fingerprint density at radius 2 is 1.32 bits per heavy atom. The summed E-state index contributed by atoms with van der Waals surface area (Å²) in [4.78, 5) is 42.9. The number of hydrogen-bond acceptors (Lipinski definition) is 7. The summed E-state index contributed by atoms with van der Waals surface area (Å²) in [5.41, 5.74) is 5.22. The van der Waals surface area contributed by atoms with E-state index in [1.165, 1.54) is 0 Å². The minimum atomic E-state index is -1.33. The summed E-state index contributed by atoms with van der Waals surface area (Å²) in [6.07, 6.45) is -0.606. The first-order valence-corrected chi connectivity index (χ1v) is 6.27. The first-order valence-electron chi connectivity index (χ1n) is 6.27. The molecule has 8 N–H and O–H groups in total. The third-order valence-electron chi connectivity index (χ3n) is 2.71. The van der Waals surface area contributed by atoms with Crippen LogP contribution >= 0.6 is 0 Å². The van der Waals surface area contributed by atoms with Crippen molar-refractivity contribution in [1.82, 2.24) is 10.6 Å². The Hall–Kier alpha value is -2.24. The second-order valence-electron chi connectivity index (χ2n) is 4.48. The van der Waals surface area contributed by atoms with Crippen LogP contribution in [-0.4, -0.2) is 75.5 Å². The fourth-order valence-electron chi connectivity index (χ4n) is 1.44. The highest BCUT2D eigenvalue weighted by Gasteiger charge is 2.24. The van der Waals surface area contributed by atoms with Crippen LogP contribution in [0.2, 0.25) is 0 Å². The molecular weight excluding hydrogens is 302 g/mol. The minimum absolute atomic E-state index is 0.217. The molecule has 0 aromatic carbocycles. The summed E-state index contributed by atoms with van der Waals surface area (Å²) in [5.74, 6) is -5.12. The zero-order valence-corrected chi connectivity index (χ0v) is 11.6. The second-order valence-corrected chi connectivity index (χ2v) is 4.48. The molecule has 0 spiro atoms. The monoisotopic (exact) mass is 321 g/mol. The van der Waals surface area contributed by atoms with Crippen LogP contribution < -0.4 is 16.4 Å². The van der Waals surface area contributed by atoms with Crippen molar-refractivity contribution in [2.45, 2.75) is 31.0 Å². The van der Waals surface area contributed by atoms with E-state index < -0.39 is 42.0 Å². The van der Waals surface area contributed by atoms with Gasteiger partial charge in [0.1, 0.15) is 18.1 Å². The van der Waals surface area contributed by atoms with Gasteiger partial charge in [0.15, 0.2) is 0 Å². The number of carboxylic acid groups (broad SMARTS) is 4. The van der Waals surface area contributed by atoms with Gasteiger partial charge in [-0.2, -0.15) is 0 Å². The summed E-state index contributed by atoms with van der Waals surface area (Å²) in [7, 11) is 0. The van der Waals surface area contributed by atoms with Gasteiger partial charge < -0.3 is 36.8 Å². The van der Waals surface area contributed by atoms with Crippen LogP contribution in [0.5, 0.6) is 0 Å². The molecule has 0 aliphatic heterocycles. The number of aliphatic carboxylic acids is 4. The van der Waals surface area contributed by atoms with Crippen LogP contribution in [0.4, 0.5) is 0 Å². The molecule has 3 atom stereocenters. The third-order valence-corrected chi connectivity index (χ3v) is 2.71. The highest BCUT2D eigenvalue weighted by atomic mass is 16.4. The lowest BCUT2D eigenvalue weighted by molar-refractivity contribution is -0.143. The Kier molecular flexibility index (Phi) is 8.67. The number of hydrogen-bond donors (Lipinski definition) is 7. The first-order chi connectivity index (χ1) is 10.1. The van der Waals surface area contributed by atoms with Crippen molar-refractivity contribution in [2.24, 2.45) is 5.73 Å². The Balaban J connectivity index is 4.47. The molecular formula is C11H19N3O8. The molecule has 3 unspecified atom stereocenters. The molecule has 126 valence electrons. The predicted molar refractivity (Wildman–Crippen MR) is 71.3 cm³/mol. The Labute approximate surface area is 125 Å². The molecule has 0 saturated carbocycles. The number of nitrogens with two attached hydrogens (primary N) is 1. The first kappa shape index (κ1) is 19.8. The lowest BCUT2D eigenvalue weighted by Gasteiger charge is -2.19. The number of rotatable bonds is 12. The molecule has 0 aliphatic rings. The molecule has 22 heavy (non-hydrogen) atoms. The molecule has 0 aromatic heterocycles. The van der Waals surface area contributed by atoms with E-state index in [1.807, 2.05) is 0 Å². The third kappa shape index (κ3) is 8.14. The Morgan fingerprint density at radius 1 is 0.818 bits per heavy atom.